The zero-order valence-electron chi connectivity index (χ0n) is 16.1. The van der Waals surface area contributed by atoms with Crippen molar-refractivity contribution < 1.29 is 9.59 Å². The monoisotopic (exact) mass is 400 g/mol. The Labute approximate surface area is 169 Å². The van der Waals surface area contributed by atoms with Gasteiger partial charge in [0, 0.05) is 36.9 Å². The number of aromatic amines is 1. The van der Waals surface area contributed by atoms with Gasteiger partial charge in [-0.2, -0.15) is 5.10 Å². The van der Waals surface area contributed by atoms with E-state index in [1.807, 2.05) is 36.1 Å². The van der Waals surface area contributed by atoms with Gasteiger partial charge in [0.2, 0.25) is 5.91 Å². The lowest BCUT2D eigenvalue weighted by atomic mass is 9.73. The third kappa shape index (κ3) is 3.53. The highest BCUT2D eigenvalue weighted by atomic mass is 35.5. The molecule has 2 aliphatic rings. The standard InChI is InChI=1S/C21H25ClN4O2/c1-2-17-11-18(24-23-17)19(27)26-13-21(14-26,20(28)25-9-3-4-10-25)12-15-5-7-16(22)8-6-15/h5-8,11H,2-4,9-10,12-14H2,1H3,(H,23,24). The molecule has 2 aromatic rings. The lowest BCUT2D eigenvalue weighted by Crippen LogP contribution is -2.65. The van der Waals surface area contributed by atoms with E-state index in [1.165, 1.54) is 0 Å². The van der Waals surface area contributed by atoms with Crippen molar-refractivity contribution in [1.82, 2.24) is 20.0 Å². The summed E-state index contributed by atoms with van der Waals surface area (Å²) in [7, 11) is 0. The Morgan fingerprint density at radius 2 is 1.82 bits per heavy atom. The molecule has 0 atom stereocenters. The fourth-order valence-electron chi connectivity index (χ4n) is 4.21. The molecule has 0 saturated carbocycles. The minimum atomic E-state index is -0.558. The zero-order chi connectivity index (χ0) is 19.7. The summed E-state index contributed by atoms with van der Waals surface area (Å²) in [6.45, 7) is 4.50. The smallest absolute Gasteiger partial charge is 0.274 e. The average molecular weight is 401 g/mol. The fraction of sp³-hybridized carbons (Fsp3) is 0.476. The molecule has 0 spiro atoms. The third-order valence-corrected chi connectivity index (χ3v) is 6.06. The van der Waals surface area contributed by atoms with Crippen LogP contribution < -0.4 is 0 Å². The number of rotatable bonds is 5. The topological polar surface area (TPSA) is 69.3 Å². The zero-order valence-corrected chi connectivity index (χ0v) is 16.8. The first-order valence-corrected chi connectivity index (χ1v) is 10.3. The van der Waals surface area contributed by atoms with Gasteiger partial charge in [-0.05, 0) is 49.4 Å². The van der Waals surface area contributed by atoms with Gasteiger partial charge in [-0.15, -0.1) is 0 Å². The van der Waals surface area contributed by atoms with E-state index in [-0.39, 0.29) is 11.8 Å². The summed E-state index contributed by atoms with van der Waals surface area (Å²) in [5.74, 6) is 0.0529. The predicted octanol–water partition coefficient (Wildman–Crippen LogP) is 2.93. The number of hydrogen-bond donors (Lipinski definition) is 1. The van der Waals surface area contributed by atoms with Gasteiger partial charge >= 0.3 is 0 Å². The van der Waals surface area contributed by atoms with Crippen molar-refractivity contribution in [3.05, 3.63) is 52.3 Å². The van der Waals surface area contributed by atoms with E-state index < -0.39 is 5.41 Å². The van der Waals surface area contributed by atoms with Gasteiger partial charge in [0.25, 0.3) is 5.91 Å². The van der Waals surface area contributed by atoms with E-state index in [9.17, 15) is 9.59 Å². The quantitative estimate of drug-likeness (QED) is 0.838. The van der Waals surface area contributed by atoms with Crippen LogP contribution in [-0.2, 0) is 17.6 Å². The molecule has 1 N–H and O–H groups in total. The molecule has 1 aromatic carbocycles. The number of benzene rings is 1. The summed E-state index contributed by atoms with van der Waals surface area (Å²) in [5, 5.41) is 7.69. The van der Waals surface area contributed by atoms with Crippen molar-refractivity contribution in [2.45, 2.75) is 32.6 Å². The van der Waals surface area contributed by atoms with Crippen LogP contribution in [0.5, 0.6) is 0 Å². The largest absolute Gasteiger partial charge is 0.342 e. The molecule has 3 heterocycles. The van der Waals surface area contributed by atoms with Gasteiger partial charge in [0.05, 0.1) is 5.41 Å². The highest BCUT2D eigenvalue weighted by Gasteiger charge is 2.53. The Hall–Kier alpha value is -2.34. The van der Waals surface area contributed by atoms with Gasteiger partial charge in [-0.25, -0.2) is 0 Å². The van der Waals surface area contributed by atoms with E-state index in [4.69, 9.17) is 11.6 Å². The molecule has 0 radical (unpaired) electrons. The summed E-state index contributed by atoms with van der Waals surface area (Å²) in [5.41, 5.74) is 1.87. The molecular weight excluding hydrogens is 376 g/mol. The normalized spacial score (nSPS) is 18.2. The van der Waals surface area contributed by atoms with E-state index in [0.717, 1.165) is 43.6 Å². The highest BCUT2D eigenvalue weighted by Crippen LogP contribution is 2.38. The number of likely N-dealkylation sites (tertiary alicyclic amines) is 2. The molecule has 2 aliphatic heterocycles. The molecule has 0 aliphatic carbocycles. The SMILES string of the molecule is CCc1cc(C(=O)N2CC(Cc3ccc(Cl)cc3)(C(=O)N3CCCC3)C2)n[nH]1. The molecule has 2 amide bonds. The molecule has 0 unspecified atom stereocenters. The van der Waals surface area contributed by atoms with Gasteiger partial charge in [0.15, 0.2) is 0 Å². The Kier molecular flexibility index (Phi) is 5.15. The summed E-state index contributed by atoms with van der Waals surface area (Å²) in [6, 6.07) is 9.43. The number of aromatic nitrogens is 2. The Morgan fingerprint density at radius 3 is 2.43 bits per heavy atom. The molecule has 2 saturated heterocycles. The molecule has 7 heteroatoms. The van der Waals surface area contributed by atoms with Crippen LogP contribution in [0.15, 0.2) is 30.3 Å². The summed E-state index contributed by atoms with van der Waals surface area (Å²) >= 11 is 6.01. The first-order valence-electron chi connectivity index (χ1n) is 9.88. The van der Waals surface area contributed by atoms with Crippen LogP contribution >= 0.6 is 11.6 Å². The van der Waals surface area contributed by atoms with Gasteiger partial charge < -0.3 is 9.80 Å². The Balaban J connectivity index is 1.52. The van der Waals surface area contributed by atoms with Gasteiger partial charge in [-0.1, -0.05) is 30.7 Å². The average Bonchev–Trinajstić information content (AvgIpc) is 3.36. The number of amides is 2. The lowest BCUT2D eigenvalue weighted by Gasteiger charge is -2.50. The second-order valence-corrected chi connectivity index (χ2v) is 8.31. The fourth-order valence-corrected chi connectivity index (χ4v) is 4.34. The summed E-state index contributed by atoms with van der Waals surface area (Å²) in [6.07, 6.45) is 3.52. The summed E-state index contributed by atoms with van der Waals surface area (Å²) < 4.78 is 0. The Bertz CT molecular complexity index is 865. The maximum Gasteiger partial charge on any atom is 0.274 e. The van der Waals surface area contributed by atoms with Crippen molar-refractivity contribution in [2.24, 2.45) is 5.41 Å². The number of hydrogen-bond acceptors (Lipinski definition) is 3. The maximum absolute atomic E-state index is 13.3. The number of carbonyl (C=O) groups is 2. The highest BCUT2D eigenvalue weighted by molar-refractivity contribution is 6.30. The molecular formula is C21H25ClN4O2. The minimum Gasteiger partial charge on any atom is -0.342 e. The van der Waals surface area contributed by atoms with E-state index >= 15 is 0 Å². The molecule has 2 fully saturated rings. The number of carbonyl (C=O) groups excluding carboxylic acids is 2. The molecule has 4 rings (SSSR count). The van der Waals surface area contributed by atoms with Crippen LogP contribution in [0.4, 0.5) is 0 Å². The number of H-pyrrole nitrogens is 1. The first kappa shape index (κ1) is 19.0. The first-order chi connectivity index (χ1) is 13.5. The van der Waals surface area contributed by atoms with Crippen LogP contribution in [0, 0.1) is 5.41 Å². The van der Waals surface area contributed by atoms with E-state index in [2.05, 4.69) is 10.2 Å². The van der Waals surface area contributed by atoms with E-state index in [0.29, 0.717) is 30.2 Å². The van der Waals surface area contributed by atoms with Crippen molar-refractivity contribution in [3.63, 3.8) is 0 Å². The second-order valence-electron chi connectivity index (χ2n) is 7.88. The molecule has 28 heavy (non-hydrogen) atoms. The predicted molar refractivity (Wildman–Crippen MR) is 107 cm³/mol. The number of aryl methyl sites for hydroxylation is 1. The van der Waals surface area contributed by atoms with Gasteiger partial charge in [0.1, 0.15) is 5.69 Å². The van der Waals surface area contributed by atoms with Crippen LogP contribution in [-0.4, -0.2) is 58.0 Å². The van der Waals surface area contributed by atoms with Crippen molar-refractivity contribution in [2.75, 3.05) is 26.2 Å². The number of nitrogens with zero attached hydrogens (tertiary/aromatic N) is 3. The van der Waals surface area contributed by atoms with Crippen molar-refractivity contribution in [1.29, 1.82) is 0 Å². The minimum absolute atomic E-state index is 0.114. The number of halogens is 1. The van der Waals surface area contributed by atoms with E-state index in [1.54, 1.807) is 11.0 Å². The van der Waals surface area contributed by atoms with Crippen LogP contribution in [0.25, 0.3) is 0 Å². The molecule has 0 bridgehead atoms. The van der Waals surface area contributed by atoms with Crippen LogP contribution in [0.1, 0.15) is 41.5 Å². The van der Waals surface area contributed by atoms with Gasteiger partial charge in [-0.3, -0.25) is 14.7 Å². The maximum atomic E-state index is 13.3. The second kappa shape index (κ2) is 7.59. The van der Waals surface area contributed by atoms with Crippen molar-refractivity contribution in [3.8, 4) is 0 Å². The third-order valence-electron chi connectivity index (χ3n) is 5.81. The van der Waals surface area contributed by atoms with Crippen molar-refractivity contribution >= 4 is 23.4 Å². The lowest BCUT2D eigenvalue weighted by molar-refractivity contribution is -0.149. The van der Waals surface area contributed by atoms with Crippen LogP contribution in [0.3, 0.4) is 0 Å². The van der Waals surface area contributed by atoms with Crippen LogP contribution in [0.2, 0.25) is 5.02 Å². The summed E-state index contributed by atoms with van der Waals surface area (Å²) in [4.78, 5) is 29.8. The molecule has 6 nitrogen and oxygen atoms in total. The molecule has 148 valence electrons. The number of nitrogens with one attached hydrogen (secondary N) is 1. The Morgan fingerprint density at radius 1 is 1.14 bits per heavy atom. The molecule has 1 aromatic heterocycles.